The van der Waals surface area contributed by atoms with Crippen LogP contribution in [0, 0.1) is 16.7 Å². The smallest absolute Gasteiger partial charge is 0.237 e. The summed E-state index contributed by atoms with van der Waals surface area (Å²) in [6.45, 7) is 11.1. The maximum absolute atomic E-state index is 12.2. The molecule has 4 atom stereocenters. The highest BCUT2D eigenvalue weighted by Crippen LogP contribution is 2.52. The predicted molar refractivity (Wildman–Crippen MR) is 78.2 cm³/mol. The summed E-state index contributed by atoms with van der Waals surface area (Å²) in [5.41, 5.74) is 5.82. The van der Waals surface area contributed by atoms with Gasteiger partial charge in [0.05, 0.1) is 12.1 Å². The maximum atomic E-state index is 12.2. The van der Waals surface area contributed by atoms with Gasteiger partial charge >= 0.3 is 0 Å². The van der Waals surface area contributed by atoms with Gasteiger partial charge in [-0.3, -0.25) is 4.79 Å². The molecule has 1 saturated carbocycles. The van der Waals surface area contributed by atoms with Gasteiger partial charge in [-0.25, -0.2) is 0 Å². The van der Waals surface area contributed by atoms with E-state index in [0.29, 0.717) is 12.0 Å². The second kappa shape index (κ2) is 5.23. The molecule has 2 aliphatic rings. The summed E-state index contributed by atoms with van der Waals surface area (Å²) < 4.78 is 5.72. The number of ether oxygens (including phenoxy) is 1. The highest BCUT2D eigenvalue weighted by atomic mass is 35.5. The Kier molecular flexibility index (Phi) is 4.60. The minimum atomic E-state index is -0.463. The van der Waals surface area contributed by atoms with Crippen molar-refractivity contribution in [2.75, 3.05) is 6.61 Å². The molecule has 0 radical (unpaired) electrons. The minimum absolute atomic E-state index is 0. The van der Waals surface area contributed by atoms with Crippen LogP contribution in [-0.4, -0.2) is 30.7 Å². The van der Waals surface area contributed by atoms with E-state index in [1.165, 1.54) is 0 Å². The SMILES string of the molecule is CC1(C)C(NC(=O)[C@@H](N)C(C)(C)C)C2CCOC21.Cl. The van der Waals surface area contributed by atoms with Gasteiger partial charge in [0.2, 0.25) is 5.91 Å². The number of rotatable bonds is 2. The summed E-state index contributed by atoms with van der Waals surface area (Å²) in [5.74, 6) is 0.432. The topological polar surface area (TPSA) is 64.4 Å². The molecule has 3 unspecified atom stereocenters. The number of carbonyl (C=O) groups is 1. The van der Waals surface area contributed by atoms with Crippen LogP contribution in [0.2, 0.25) is 0 Å². The first kappa shape index (κ1) is 16.7. The molecule has 5 heteroatoms. The van der Waals surface area contributed by atoms with Gasteiger partial charge in [-0.2, -0.15) is 0 Å². The van der Waals surface area contributed by atoms with Crippen LogP contribution >= 0.6 is 12.4 Å². The molecule has 4 nitrogen and oxygen atoms in total. The minimum Gasteiger partial charge on any atom is -0.377 e. The average molecular weight is 291 g/mol. The summed E-state index contributed by atoms with van der Waals surface area (Å²) in [6.07, 6.45) is 1.35. The van der Waals surface area contributed by atoms with Crippen molar-refractivity contribution in [2.24, 2.45) is 22.5 Å². The zero-order valence-corrected chi connectivity index (χ0v) is 13.3. The molecule has 0 aromatic carbocycles. The summed E-state index contributed by atoms with van der Waals surface area (Å²) in [6, 6.07) is -0.263. The number of nitrogens with two attached hydrogens (primary N) is 1. The molecule has 2 rings (SSSR count). The molecular formula is C14H27ClN2O2. The Morgan fingerprint density at radius 1 is 1.42 bits per heavy atom. The van der Waals surface area contributed by atoms with Crippen molar-refractivity contribution < 1.29 is 9.53 Å². The predicted octanol–water partition coefficient (Wildman–Crippen LogP) is 1.71. The molecule has 2 fully saturated rings. The first-order valence-corrected chi connectivity index (χ1v) is 6.83. The van der Waals surface area contributed by atoms with Gasteiger partial charge in [-0.05, 0) is 11.8 Å². The first-order chi connectivity index (χ1) is 8.15. The quantitative estimate of drug-likeness (QED) is 0.814. The highest BCUT2D eigenvalue weighted by Gasteiger charge is 2.60. The number of nitrogens with one attached hydrogen (secondary N) is 1. The van der Waals surface area contributed by atoms with Crippen LogP contribution in [0.25, 0.3) is 0 Å². The molecular weight excluding hydrogens is 264 g/mol. The second-order valence-electron chi connectivity index (χ2n) is 7.40. The van der Waals surface area contributed by atoms with Crippen LogP contribution in [-0.2, 0) is 9.53 Å². The lowest BCUT2D eigenvalue weighted by atomic mass is 9.57. The summed E-state index contributed by atoms with van der Waals surface area (Å²) in [7, 11) is 0. The van der Waals surface area contributed by atoms with Crippen LogP contribution in [0.5, 0.6) is 0 Å². The summed E-state index contributed by atoms with van der Waals surface area (Å²) >= 11 is 0. The van der Waals surface area contributed by atoms with Crippen LogP contribution in [0.1, 0.15) is 41.0 Å². The molecule has 1 amide bonds. The molecule has 1 aliphatic carbocycles. The van der Waals surface area contributed by atoms with E-state index in [0.717, 1.165) is 13.0 Å². The van der Waals surface area contributed by atoms with Gasteiger partial charge in [0.1, 0.15) is 0 Å². The number of fused-ring (bicyclic) bond motifs is 1. The highest BCUT2D eigenvalue weighted by molar-refractivity contribution is 5.85. The molecule has 0 aromatic heterocycles. The van der Waals surface area contributed by atoms with Crippen LogP contribution in [0.3, 0.4) is 0 Å². The van der Waals surface area contributed by atoms with Gasteiger partial charge in [-0.15, -0.1) is 12.4 Å². The van der Waals surface area contributed by atoms with Gasteiger partial charge in [-0.1, -0.05) is 34.6 Å². The van der Waals surface area contributed by atoms with E-state index >= 15 is 0 Å². The molecule has 1 saturated heterocycles. The average Bonchev–Trinajstić information content (AvgIpc) is 2.69. The Morgan fingerprint density at radius 2 is 2.00 bits per heavy atom. The third-order valence-electron chi connectivity index (χ3n) is 4.61. The Hall–Kier alpha value is -0.320. The summed E-state index contributed by atoms with van der Waals surface area (Å²) in [4.78, 5) is 12.2. The largest absolute Gasteiger partial charge is 0.377 e. The zero-order valence-electron chi connectivity index (χ0n) is 12.5. The fourth-order valence-corrected chi connectivity index (χ4v) is 3.25. The standard InChI is InChI=1S/C14H26N2O2.ClH/c1-13(2,3)9(15)12(17)16-10-8-6-7-18-11(8)14(10,4)5;/h8-11H,6-7,15H2,1-5H3,(H,16,17);1H/t8?,9-,10?,11?;/m1./s1. The molecule has 1 aliphatic heterocycles. The van der Waals surface area contributed by atoms with E-state index in [-0.39, 0.29) is 35.2 Å². The van der Waals surface area contributed by atoms with Gasteiger partial charge in [0.25, 0.3) is 0 Å². The van der Waals surface area contributed by atoms with Crippen LogP contribution in [0.4, 0.5) is 0 Å². The first-order valence-electron chi connectivity index (χ1n) is 6.83. The third-order valence-corrected chi connectivity index (χ3v) is 4.61. The molecule has 112 valence electrons. The number of carbonyl (C=O) groups excluding carboxylic acids is 1. The van der Waals surface area contributed by atoms with Crippen LogP contribution in [0.15, 0.2) is 0 Å². The van der Waals surface area contributed by atoms with Gasteiger partial charge in [0.15, 0.2) is 0 Å². The maximum Gasteiger partial charge on any atom is 0.237 e. The Balaban J connectivity index is 0.00000180. The lowest BCUT2D eigenvalue weighted by Crippen LogP contribution is -2.68. The normalized spacial score (nSPS) is 33.7. The van der Waals surface area contributed by atoms with E-state index in [9.17, 15) is 4.79 Å². The number of amides is 1. The van der Waals surface area contributed by atoms with E-state index < -0.39 is 6.04 Å². The van der Waals surface area contributed by atoms with Crippen molar-refractivity contribution in [3.05, 3.63) is 0 Å². The Bertz CT molecular complexity index is 352. The Morgan fingerprint density at radius 3 is 2.53 bits per heavy atom. The van der Waals surface area contributed by atoms with Crippen molar-refractivity contribution in [1.82, 2.24) is 5.32 Å². The molecule has 0 bridgehead atoms. The molecule has 3 N–H and O–H groups in total. The lowest BCUT2D eigenvalue weighted by molar-refractivity contribution is -0.140. The van der Waals surface area contributed by atoms with E-state index in [4.69, 9.17) is 10.5 Å². The molecule has 1 heterocycles. The summed E-state index contributed by atoms with van der Waals surface area (Å²) in [5, 5.41) is 3.14. The Labute approximate surface area is 122 Å². The van der Waals surface area contributed by atoms with E-state index in [1.807, 2.05) is 20.8 Å². The van der Waals surface area contributed by atoms with Gasteiger partial charge in [0, 0.05) is 24.0 Å². The third kappa shape index (κ3) is 2.76. The van der Waals surface area contributed by atoms with Crippen molar-refractivity contribution in [1.29, 1.82) is 0 Å². The van der Waals surface area contributed by atoms with Crippen molar-refractivity contribution in [2.45, 2.75) is 59.2 Å². The van der Waals surface area contributed by atoms with Crippen molar-refractivity contribution >= 4 is 18.3 Å². The van der Waals surface area contributed by atoms with Gasteiger partial charge < -0.3 is 15.8 Å². The lowest BCUT2D eigenvalue weighted by Gasteiger charge is -2.55. The fraction of sp³-hybridized carbons (Fsp3) is 0.929. The van der Waals surface area contributed by atoms with Crippen molar-refractivity contribution in [3.8, 4) is 0 Å². The van der Waals surface area contributed by atoms with Crippen LogP contribution < -0.4 is 11.1 Å². The zero-order chi connectivity index (χ0) is 13.7. The molecule has 0 spiro atoms. The monoisotopic (exact) mass is 290 g/mol. The number of hydrogen-bond acceptors (Lipinski definition) is 3. The number of hydrogen-bond donors (Lipinski definition) is 2. The van der Waals surface area contributed by atoms with E-state index in [1.54, 1.807) is 0 Å². The van der Waals surface area contributed by atoms with Crippen molar-refractivity contribution in [3.63, 3.8) is 0 Å². The fourth-order valence-electron chi connectivity index (χ4n) is 3.25. The second-order valence-corrected chi connectivity index (χ2v) is 7.40. The molecule has 19 heavy (non-hydrogen) atoms. The van der Waals surface area contributed by atoms with E-state index in [2.05, 4.69) is 19.2 Å². The molecule has 0 aromatic rings. The number of halogens is 1.